The van der Waals surface area contributed by atoms with Gasteiger partial charge in [0, 0.05) is 17.5 Å². The first-order valence-electron chi connectivity index (χ1n) is 7.52. The van der Waals surface area contributed by atoms with Gasteiger partial charge in [0.05, 0.1) is 12.7 Å². The Kier molecular flexibility index (Phi) is 6.57. The summed E-state index contributed by atoms with van der Waals surface area (Å²) >= 11 is 0. The van der Waals surface area contributed by atoms with Crippen LogP contribution in [0.1, 0.15) is 15.9 Å². The van der Waals surface area contributed by atoms with Crippen LogP contribution in [0.2, 0.25) is 0 Å². The summed E-state index contributed by atoms with van der Waals surface area (Å²) < 4.78 is 50.6. The molecule has 2 heterocycles. The van der Waals surface area contributed by atoms with Crippen molar-refractivity contribution in [2.24, 2.45) is 7.05 Å². The van der Waals surface area contributed by atoms with Crippen molar-refractivity contribution < 1.29 is 40.4 Å². The van der Waals surface area contributed by atoms with Crippen LogP contribution in [0.3, 0.4) is 0 Å². The molecule has 0 fully saturated rings. The Balaban J connectivity index is 0.000000409. The lowest BCUT2D eigenvalue weighted by Crippen LogP contribution is -2.28. The van der Waals surface area contributed by atoms with E-state index in [1.165, 1.54) is 7.11 Å². The highest BCUT2D eigenvalue weighted by Gasteiger charge is 2.18. The molecule has 0 unspecified atom stereocenters. The van der Waals surface area contributed by atoms with Crippen molar-refractivity contribution in [2.45, 2.75) is 0 Å². The van der Waals surface area contributed by atoms with E-state index >= 15 is 0 Å². The lowest BCUT2D eigenvalue weighted by molar-refractivity contribution is -0.671. The van der Waals surface area contributed by atoms with Crippen LogP contribution in [0, 0.1) is 0 Å². The second-order valence-corrected chi connectivity index (χ2v) is 6.35. The molecule has 0 radical (unpaired) electrons. The van der Waals surface area contributed by atoms with Crippen LogP contribution in [-0.4, -0.2) is 25.9 Å². The largest absolute Gasteiger partial charge is 0.724 e. The number of fused-ring (bicyclic) bond motifs is 1. The fraction of sp³-hybridized carbons (Fsp3) is 0.118. The lowest BCUT2D eigenvalue weighted by Gasteiger charge is -2.03. The Labute approximate surface area is 158 Å². The minimum Gasteiger partial charge on any atom is -0.724 e. The fourth-order valence-electron chi connectivity index (χ4n) is 2.25. The van der Waals surface area contributed by atoms with Crippen LogP contribution in [-0.2, 0) is 21.8 Å². The monoisotopic (exact) mass is 411 g/mol. The van der Waals surface area contributed by atoms with Crippen molar-refractivity contribution in [1.82, 2.24) is 0 Å². The van der Waals surface area contributed by atoms with E-state index in [2.05, 4.69) is 0 Å². The van der Waals surface area contributed by atoms with Crippen LogP contribution in [0.4, 0.5) is 4.53 Å². The van der Waals surface area contributed by atoms with E-state index in [9.17, 15) is 14.1 Å². The SMILES string of the molecule is COc1ccc2cc(C(=O)c3ccc[n+](C)c3)c(=O)oc2c1.O=S(=O)([O-])OF. The van der Waals surface area contributed by atoms with Gasteiger partial charge in [-0.05, 0) is 28.8 Å². The Morgan fingerprint density at radius 1 is 1.25 bits per heavy atom. The third-order valence-corrected chi connectivity index (χ3v) is 3.62. The maximum atomic E-state index is 12.5. The number of halogens is 1. The second-order valence-electron chi connectivity index (χ2n) is 5.41. The Bertz CT molecular complexity index is 1170. The highest BCUT2D eigenvalue weighted by molar-refractivity contribution is 7.80. The van der Waals surface area contributed by atoms with Gasteiger partial charge in [-0.2, -0.15) is 0 Å². The average molecular weight is 411 g/mol. The van der Waals surface area contributed by atoms with Gasteiger partial charge in [-0.3, -0.25) is 4.79 Å². The molecule has 28 heavy (non-hydrogen) atoms. The molecule has 0 aliphatic heterocycles. The van der Waals surface area contributed by atoms with E-state index < -0.39 is 16.0 Å². The van der Waals surface area contributed by atoms with Crippen molar-refractivity contribution in [2.75, 3.05) is 7.11 Å². The number of hydrogen-bond donors (Lipinski definition) is 0. The van der Waals surface area contributed by atoms with E-state index in [0.717, 1.165) is 0 Å². The van der Waals surface area contributed by atoms with Crippen LogP contribution in [0.15, 0.2) is 58.0 Å². The van der Waals surface area contributed by atoms with E-state index in [1.54, 1.807) is 47.2 Å². The summed E-state index contributed by atoms with van der Waals surface area (Å²) in [4.78, 5) is 24.6. The highest BCUT2D eigenvalue weighted by atomic mass is 32.3. The molecular weight excluding hydrogens is 397 g/mol. The molecule has 148 valence electrons. The number of benzene rings is 1. The molecule has 0 saturated carbocycles. The predicted molar refractivity (Wildman–Crippen MR) is 92.0 cm³/mol. The smallest absolute Gasteiger partial charge is 0.347 e. The van der Waals surface area contributed by atoms with Crippen LogP contribution < -0.4 is 14.9 Å². The standard InChI is InChI=1S/C17H14NO4.FHO4S/c1-18-7-3-4-12(10-18)16(19)14-8-11-5-6-13(21-2)9-15(11)22-17(14)20;1-5-6(2,3)4/h3-10H,1-2H3;(H,2,3,4)/q+1;/p-1. The molecule has 0 amide bonds. The quantitative estimate of drug-likeness (QED) is 0.206. The number of nitrogens with zero attached hydrogens (tertiary/aromatic N) is 1. The van der Waals surface area contributed by atoms with Crippen molar-refractivity contribution in [3.05, 3.63) is 70.3 Å². The molecule has 0 bridgehead atoms. The number of aryl methyl sites for hydroxylation is 1. The van der Waals surface area contributed by atoms with E-state index in [4.69, 9.17) is 22.1 Å². The molecule has 3 aromatic rings. The van der Waals surface area contributed by atoms with Crippen molar-refractivity contribution in [3.63, 3.8) is 0 Å². The van der Waals surface area contributed by atoms with Gasteiger partial charge in [0.25, 0.3) is 0 Å². The molecule has 2 aromatic heterocycles. The molecule has 1 aromatic carbocycles. The van der Waals surface area contributed by atoms with Gasteiger partial charge in [0.1, 0.15) is 23.9 Å². The minimum absolute atomic E-state index is 0.0175. The maximum Gasteiger partial charge on any atom is 0.347 e. The zero-order valence-electron chi connectivity index (χ0n) is 14.6. The molecule has 11 heteroatoms. The average Bonchev–Trinajstić information content (AvgIpc) is 2.66. The molecule has 3 rings (SSSR count). The molecular formula is C17H14FNO8S. The zero-order valence-corrected chi connectivity index (χ0v) is 15.4. The molecule has 0 aliphatic carbocycles. The Hall–Kier alpha value is -3.15. The summed E-state index contributed by atoms with van der Waals surface area (Å²) in [6, 6.07) is 10.1. The molecule has 0 aliphatic rings. The number of aromatic nitrogens is 1. The van der Waals surface area contributed by atoms with Gasteiger partial charge in [-0.1, -0.05) is 4.39 Å². The van der Waals surface area contributed by atoms with Gasteiger partial charge < -0.3 is 13.7 Å². The Morgan fingerprint density at radius 2 is 1.93 bits per heavy atom. The number of rotatable bonds is 4. The molecule has 9 nitrogen and oxygen atoms in total. The predicted octanol–water partition coefficient (Wildman–Crippen LogP) is 1.20. The number of ether oxygens (including phenoxy) is 1. The first kappa shape index (κ1) is 21.2. The topological polar surface area (TPSA) is 127 Å². The maximum absolute atomic E-state index is 12.5. The number of pyridine rings is 1. The van der Waals surface area contributed by atoms with E-state index in [1.807, 2.05) is 17.6 Å². The van der Waals surface area contributed by atoms with Gasteiger partial charge in [-0.15, -0.1) is 0 Å². The van der Waals surface area contributed by atoms with Crippen molar-refractivity contribution in [1.29, 1.82) is 0 Å². The highest BCUT2D eigenvalue weighted by Crippen LogP contribution is 2.20. The summed E-state index contributed by atoms with van der Waals surface area (Å²) in [5.74, 6) is 0.229. The van der Waals surface area contributed by atoms with E-state index in [0.29, 0.717) is 22.3 Å². The zero-order chi connectivity index (χ0) is 20.9. The van der Waals surface area contributed by atoms with E-state index in [-0.39, 0.29) is 11.3 Å². The van der Waals surface area contributed by atoms with Gasteiger partial charge in [-0.25, -0.2) is 17.8 Å². The number of ketones is 1. The minimum atomic E-state index is -5.08. The second kappa shape index (κ2) is 8.69. The first-order valence-corrected chi connectivity index (χ1v) is 8.86. The Morgan fingerprint density at radius 3 is 2.50 bits per heavy atom. The number of carbonyl (C=O) groups excluding carboxylic acids is 1. The summed E-state index contributed by atoms with van der Waals surface area (Å²) in [6.07, 6.45) is 3.48. The van der Waals surface area contributed by atoms with Crippen LogP contribution in [0.25, 0.3) is 11.0 Å². The first-order chi connectivity index (χ1) is 13.1. The van der Waals surface area contributed by atoms with Crippen molar-refractivity contribution >= 4 is 27.2 Å². The fourth-order valence-corrected chi connectivity index (χ4v) is 2.25. The van der Waals surface area contributed by atoms with Gasteiger partial charge in [0.15, 0.2) is 12.4 Å². The van der Waals surface area contributed by atoms with Gasteiger partial charge >= 0.3 is 5.63 Å². The number of hydrogen-bond acceptors (Lipinski definition) is 8. The molecule has 0 saturated heterocycles. The molecule has 0 atom stereocenters. The van der Waals surface area contributed by atoms with Crippen LogP contribution in [0.5, 0.6) is 5.75 Å². The summed E-state index contributed by atoms with van der Waals surface area (Å²) in [5, 5.41) is 0.670. The molecule has 0 spiro atoms. The van der Waals surface area contributed by atoms with Crippen LogP contribution >= 0.6 is 0 Å². The molecule has 0 N–H and O–H groups in total. The third kappa shape index (κ3) is 5.42. The summed E-state index contributed by atoms with van der Waals surface area (Å²) in [5.41, 5.74) is 0.186. The summed E-state index contributed by atoms with van der Waals surface area (Å²) in [7, 11) is -1.73. The number of methoxy groups -OCH3 is 1. The summed E-state index contributed by atoms with van der Waals surface area (Å²) in [6.45, 7) is 0. The van der Waals surface area contributed by atoms with Gasteiger partial charge in [0.2, 0.25) is 16.2 Å². The van der Waals surface area contributed by atoms with Crippen molar-refractivity contribution in [3.8, 4) is 5.75 Å². The third-order valence-electron chi connectivity index (χ3n) is 3.47. The number of carbonyl (C=O) groups is 1. The normalized spacial score (nSPS) is 10.9. The lowest BCUT2D eigenvalue weighted by atomic mass is 10.1.